The van der Waals surface area contributed by atoms with Gasteiger partial charge < -0.3 is 20.1 Å². The highest BCUT2D eigenvalue weighted by atomic mass is 32.1. The zero-order valence-electron chi connectivity index (χ0n) is 17.4. The van der Waals surface area contributed by atoms with Crippen LogP contribution in [0, 0.1) is 6.92 Å². The standard InChI is InChI=1S/C23H32N2O2S/c1-5-7-8-18-9-11-20(17(3)15-18)25-23(28)24-14-13-19-10-12-21(27-6-2)22(16-19)26-4/h9-12,15-16H,5-8,13-14H2,1-4H3,(H2,24,25,28). The molecular weight excluding hydrogens is 368 g/mol. The van der Waals surface area contributed by atoms with E-state index in [0.29, 0.717) is 11.7 Å². The molecule has 28 heavy (non-hydrogen) atoms. The Labute approximate surface area is 174 Å². The van der Waals surface area contributed by atoms with Crippen LogP contribution in [-0.4, -0.2) is 25.4 Å². The fourth-order valence-electron chi connectivity index (χ4n) is 3.03. The van der Waals surface area contributed by atoms with Crippen LogP contribution in [0.1, 0.15) is 43.4 Å². The number of hydrogen-bond acceptors (Lipinski definition) is 3. The van der Waals surface area contributed by atoms with Gasteiger partial charge in [0, 0.05) is 12.2 Å². The first-order valence-electron chi connectivity index (χ1n) is 10.0. The molecule has 0 bridgehead atoms. The van der Waals surface area contributed by atoms with Crippen LogP contribution in [0.15, 0.2) is 36.4 Å². The SMILES string of the molecule is CCCCc1ccc(NC(=S)NCCc2ccc(OCC)c(OC)c2)c(C)c1. The number of ether oxygens (including phenoxy) is 2. The number of anilines is 1. The molecular formula is C23H32N2O2S. The Bertz CT molecular complexity index is 777. The molecule has 2 aromatic rings. The number of hydrogen-bond donors (Lipinski definition) is 2. The van der Waals surface area contributed by atoms with E-state index in [4.69, 9.17) is 21.7 Å². The second-order valence-electron chi connectivity index (χ2n) is 6.80. The summed E-state index contributed by atoms with van der Waals surface area (Å²) in [5, 5.41) is 7.23. The van der Waals surface area contributed by atoms with Crippen molar-refractivity contribution in [2.24, 2.45) is 0 Å². The van der Waals surface area contributed by atoms with Crippen molar-refractivity contribution in [3.63, 3.8) is 0 Å². The van der Waals surface area contributed by atoms with E-state index in [2.05, 4.69) is 48.7 Å². The zero-order chi connectivity index (χ0) is 20.4. The average molecular weight is 401 g/mol. The monoisotopic (exact) mass is 400 g/mol. The van der Waals surface area contributed by atoms with E-state index in [0.717, 1.165) is 36.6 Å². The van der Waals surface area contributed by atoms with E-state index in [1.54, 1.807) is 7.11 Å². The summed E-state index contributed by atoms with van der Waals surface area (Å²) in [6, 6.07) is 12.6. The number of methoxy groups -OCH3 is 1. The van der Waals surface area contributed by atoms with E-state index >= 15 is 0 Å². The first-order valence-corrected chi connectivity index (χ1v) is 10.4. The molecule has 5 heteroatoms. The maximum absolute atomic E-state index is 5.56. The Morgan fingerprint density at radius 3 is 2.43 bits per heavy atom. The fraction of sp³-hybridized carbons (Fsp3) is 0.435. The van der Waals surface area contributed by atoms with Gasteiger partial charge in [-0.3, -0.25) is 0 Å². The molecule has 152 valence electrons. The Kier molecular flexibility index (Phi) is 9.08. The summed E-state index contributed by atoms with van der Waals surface area (Å²) < 4.78 is 11.0. The Balaban J connectivity index is 1.84. The highest BCUT2D eigenvalue weighted by molar-refractivity contribution is 7.80. The van der Waals surface area contributed by atoms with E-state index in [9.17, 15) is 0 Å². The summed E-state index contributed by atoms with van der Waals surface area (Å²) in [5.41, 5.74) is 4.83. The van der Waals surface area contributed by atoms with E-state index in [1.165, 1.54) is 29.5 Å². The Hall–Kier alpha value is -2.27. The largest absolute Gasteiger partial charge is 0.493 e. The van der Waals surface area contributed by atoms with Gasteiger partial charge in [0.15, 0.2) is 16.6 Å². The summed E-state index contributed by atoms with van der Waals surface area (Å²) in [6.45, 7) is 7.67. The van der Waals surface area contributed by atoms with Gasteiger partial charge in [-0.15, -0.1) is 0 Å². The lowest BCUT2D eigenvalue weighted by Gasteiger charge is -2.14. The second kappa shape index (κ2) is 11.5. The molecule has 2 rings (SSSR count). The number of rotatable bonds is 10. The summed E-state index contributed by atoms with van der Waals surface area (Å²) >= 11 is 5.45. The minimum Gasteiger partial charge on any atom is -0.493 e. The van der Waals surface area contributed by atoms with E-state index < -0.39 is 0 Å². The molecule has 0 fully saturated rings. The van der Waals surface area contributed by atoms with Gasteiger partial charge in [-0.05, 0) is 80.2 Å². The van der Waals surface area contributed by atoms with Crippen molar-refractivity contribution in [3.05, 3.63) is 53.1 Å². The molecule has 0 radical (unpaired) electrons. The molecule has 0 aliphatic carbocycles. The summed E-state index contributed by atoms with van der Waals surface area (Å²) in [5.74, 6) is 1.54. The smallest absolute Gasteiger partial charge is 0.170 e. The molecule has 0 aliphatic heterocycles. The number of benzene rings is 2. The van der Waals surface area contributed by atoms with Gasteiger partial charge in [0.25, 0.3) is 0 Å². The Morgan fingerprint density at radius 1 is 1.00 bits per heavy atom. The van der Waals surface area contributed by atoms with Crippen molar-refractivity contribution in [2.75, 3.05) is 25.6 Å². The van der Waals surface area contributed by atoms with Crippen LogP contribution in [0.4, 0.5) is 5.69 Å². The third-order valence-electron chi connectivity index (χ3n) is 4.59. The quantitative estimate of drug-likeness (QED) is 0.532. The minimum absolute atomic E-state index is 0.621. The lowest BCUT2D eigenvalue weighted by molar-refractivity contribution is 0.310. The van der Waals surface area contributed by atoms with Crippen molar-refractivity contribution in [2.45, 2.75) is 46.5 Å². The third-order valence-corrected chi connectivity index (χ3v) is 4.83. The van der Waals surface area contributed by atoms with Crippen molar-refractivity contribution in [1.82, 2.24) is 5.32 Å². The number of unbranched alkanes of at least 4 members (excludes halogenated alkanes) is 1. The fourth-order valence-corrected chi connectivity index (χ4v) is 3.24. The van der Waals surface area contributed by atoms with Crippen LogP contribution < -0.4 is 20.1 Å². The number of thiocarbonyl (C=S) groups is 1. The van der Waals surface area contributed by atoms with Crippen LogP contribution in [0.25, 0.3) is 0 Å². The molecule has 0 saturated carbocycles. The second-order valence-corrected chi connectivity index (χ2v) is 7.21. The molecule has 0 spiro atoms. The highest BCUT2D eigenvalue weighted by Crippen LogP contribution is 2.28. The van der Waals surface area contributed by atoms with Gasteiger partial charge in [-0.2, -0.15) is 0 Å². The van der Waals surface area contributed by atoms with Crippen molar-refractivity contribution in [1.29, 1.82) is 0 Å². The van der Waals surface area contributed by atoms with Crippen LogP contribution in [-0.2, 0) is 12.8 Å². The minimum atomic E-state index is 0.621. The lowest BCUT2D eigenvalue weighted by atomic mass is 10.0. The van der Waals surface area contributed by atoms with Gasteiger partial charge in [0.2, 0.25) is 0 Å². The third kappa shape index (κ3) is 6.71. The topological polar surface area (TPSA) is 42.5 Å². The maximum Gasteiger partial charge on any atom is 0.170 e. The molecule has 0 aromatic heterocycles. The van der Waals surface area contributed by atoms with Gasteiger partial charge in [0.05, 0.1) is 13.7 Å². The van der Waals surface area contributed by atoms with Gasteiger partial charge in [-0.1, -0.05) is 31.5 Å². The molecule has 0 amide bonds. The van der Waals surface area contributed by atoms with Crippen LogP contribution in [0.5, 0.6) is 11.5 Å². The first kappa shape index (κ1) is 22.0. The van der Waals surface area contributed by atoms with Crippen LogP contribution in [0.3, 0.4) is 0 Å². The van der Waals surface area contributed by atoms with Gasteiger partial charge >= 0.3 is 0 Å². The first-order chi connectivity index (χ1) is 13.6. The molecule has 4 nitrogen and oxygen atoms in total. The Morgan fingerprint density at radius 2 is 1.75 bits per heavy atom. The van der Waals surface area contributed by atoms with Gasteiger partial charge in [-0.25, -0.2) is 0 Å². The summed E-state index contributed by atoms with van der Waals surface area (Å²) in [7, 11) is 1.66. The summed E-state index contributed by atoms with van der Waals surface area (Å²) in [4.78, 5) is 0. The molecule has 0 heterocycles. The molecule has 2 aromatic carbocycles. The number of aryl methyl sites for hydroxylation is 2. The molecule has 0 atom stereocenters. The summed E-state index contributed by atoms with van der Waals surface area (Å²) in [6.07, 6.45) is 4.42. The van der Waals surface area contributed by atoms with Gasteiger partial charge in [0.1, 0.15) is 0 Å². The molecule has 2 N–H and O–H groups in total. The predicted octanol–water partition coefficient (Wildman–Crippen LogP) is 5.27. The molecule has 0 unspecified atom stereocenters. The predicted molar refractivity (Wildman–Crippen MR) is 122 cm³/mol. The normalized spacial score (nSPS) is 10.4. The van der Waals surface area contributed by atoms with E-state index in [1.807, 2.05) is 19.1 Å². The maximum atomic E-state index is 5.56. The average Bonchev–Trinajstić information content (AvgIpc) is 2.69. The molecule has 0 saturated heterocycles. The van der Waals surface area contributed by atoms with Crippen molar-refractivity contribution >= 4 is 23.0 Å². The lowest BCUT2D eigenvalue weighted by Crippen LogP contribution is -2.30. The van der Waals surface area contributed by atoms with E-state index in [-0.39, 0.29) is 0 Å². The van der Waals surface area contributed by atoms with Crippen molar-refractivity contribution in [3.8, 4) is 11.5 Å². The van der Waals surface area contributed by atoms with Crippen LogP contribution in [0.2, 0.25) is 0 Å². The number of nitrogens with one attached hydrogen (secondary N) is 2. The highest BCUT2D eigenvalue weighted by Gasteiger charge is 2.06. The molecule has 0 aliphatic rings. The van der Waals surface area contributed by atoms with Crippen molar-refractivity contribution < 1.29 is 9.47 Å². The van der Waals surface area contributed by atoms with Crippen LogP contribution >= 0.6 is 12.2 Å². The zero-order valence-corrected chi connectivity index (χ0v) is 18.2.